The van der Waals surface area contributed by atoms with Gasteiger partial charge in [-0.1, -0.05) is 16.9 Å². The summed E-state index contributed by atoms with van der Waals surface area (Å²) in [6.07, 6.45) is 2.36. The monoisotopic (exact) mass is 571 g/mol. The molecule has 2 aromatic heterocycles. The molecule has 0 aromatic carbocycles. The number of aliphatic carboxylic acids is 1. The van der Waals surface area contributed by atoms with Crippen LogP contribution in [0.3, 0.4) is 0 Å². The van der Waals surface area contributed by atoms with Gasteiger partial charge in [-0.15, -0.1) is 22.0 Å². The van der Waals surface area contributed by atoms with E-state index in [4.69, 9.17) is 15.3 Å². The van der Waals surface area contributed by atoms with Crippen LogP contribution in [0.2, 0.25) is 0 Å². The zero-order valence-electron chi connectivity index (χ0n) is 19.9. The molecule has 2 amide bonds. The first kappa shape index (κ1) is 27.1. The van der Waals surface area contributed by atoms with Gasteiger partial charge in [0.25, 0.3) is 5.91 Å². The van der Waals surface area contributed by atoms with Crippen molar-refractivity contribution in [1.82, 2.24) is 34.3 Å². The van der Waals surface area contributed by atoms with Crippen LogP contribution in [0.4, 0.5) is 5.13 Å². The molecule has 0 radical (unpaired) electrons. The zero-order chi connectivity index (χ0) is 26.6. The number of nitrogens with one attached hydrogen (secondary N) is 1. The number of thioether (sulfide) groups is 2. The quantitative estimate of drug-likeness (QED) is 0.0956. The van der Waals surface area contributed by atoms with E-state index in [0.29, 0.717) is 18.3 Å². The van der Waals surface area contributed by atoms with Crippen molar-refractivity contribution in [2.45, 2.75) is 29.5 Å². The molecule has 2 fully saturated rings. The number of fused-ring (bicyclic) bond motifs is 1. The van der Waals surface area contributed by atoms with E-state index in [1.165, 1.54) is 35.5 Å². The SMILES string of the molecule is COCCCn1cnnc1SCC1(C(=O)O)CS[C@@H]2C(NC(=O)C(=NOC)c3nsc(N)n3)C(=O)N2C1. The predicted molar refractivity (Wildman–Crippen MR) is 135 cm³/mol. The average Bonchev–Trinajstić information content (AvgIpc) is 3.52. The van der Waals surface area contributed by atoms with E-state index < -0.39 is 28.7 Å². The largest absolute Gasteiger partial charge is 0.481 e. The van der Waals surface area contributed by atoms with Crippen LogP contribution in [-0.2, 0) is 30.5 Å². The van der Waals surface area contributed by atoms with Crippen molar-refractivity contribution < 1.29 is 29.1 Å². The van der Waals surface area contributed by atoms with Crippen molar-refractivity contribution in [2.24, 2.45) is 10.6 Å². The lowest BCUT2D eigenvalue weighted by atomic mass is 9.89. The van der Waals surface area contributed by atoms with Crippen molar-refractivity contribution in [3.63, 3.8) is 0 Å². The summed E-state index contributed by atoms with van der Waals surface area (Å²) >= 11 is 3.48. The number of aryl methyl sites for hydroxylation is 1. The molecular weight excluding hydrogens is 546 g/mol. The second-order valence-corrected chi connectivity index (χ2v) is 11.1. The van der Waals surface area contributed by atoms with Crippen molar-refractivity contribution in [3.8, 4) is 0 Å². The van der Waals surface area contributed by atoms with E-state index in [9.17, 15) is 19.5 Å². The lowest BCUT2D eigenvalue weighted by Gasteiger charge is -2.53. The number of β-lactam (4-membered cyclic amide) rings is 1. The van der Waals surface area contributed by atoms with Crippen LogP contribution in [0.5, 0.6) is 0 Å². The number of hydrogen-bond donors (Lipinski definition) is 3. The third-order valence-corrected chi connectivity index (χ3v) is 9.14. The van der Waals surface area contributed by atoms with E-state index in [1.54, 1.807) is 13.4 Å². The smallest absolute Gasteiger partial charge is 0.313 e. The summed E-state index contributed by atoms with van der Waals surface area (Å²) in [5.74, 6) is -1.65. The summed E-state index contributed by atoms with van der Waals surface area (Å²) in [6.45, 7) is 1.24. The van der Waals surface area contributed by atoms with E-state index in [0.717, 1.165) is 18.0 Å². The highest BCUT2D eigenvalue weighted by Gasteiger charge is 2.57. The second kappa shape index (κ2) is 11.6. The summed E-state index contributed by atoms with van der Waals surface area (Å²) in [6, 6.07) is -0.848. The first-order chi connectivity index (χ1) is 17.8. The van der Waals surface area contributed by atoms with Gasteiger partial charge < -0.3 is 35.2 Å². The number of anilines is 1. The predicted octanol–water partition coefficient (Wildman–Crippen LogP) is -0.638. The van der Waals surface area contributed by atoms with Crippen molar-refractivity contribution >= 4 is 63.7 Å². The van der Waals surface area contributed by atoms with Gasteiger partial charge in [0.05, 0.1) is 0 Å². The molecule has 4 rings (SSSR count). The van der Waals surface area contributed by atoms with Gasteiger partial charge in [0.1, 0.15) is 30.3 Å². The van der Waals surface area contributed by atoms with Crippen LogP contribution in [0.15, 0.2) is 16.6 Å². The minimum atomic E-state index is -1.19. The topological polar surface area (TPSA) is 200 Å². The number of nitrogens with two attached hydrogens (primary N) is 1. The third kappa shape index (κ3) is 5.65. The first-order valence-corrected chi connectivity index (χ1v) is 13.8. The number of carbonyl (C=O) groups is 3. The fourth-order valence-electron chi connectivity index (χ4n) is 3.81. The molecule has 2 unspecified atom stereocenters. The maximum Gasteiger partial charge on any atom is 0.313 e. The normalized spacial score (nSPS) is 23.4. The number of nitrogens with zero attached hydrogens (tertiary/aromatic N) is 7. The number of carboxylic acids is 1. The molecule has 2 aliphatic rings. The number of amides is 2. The molecule has 2 aliphatic heterocycles. The zero-order valence-corrected chi connectivity index (χ0v) is 22.3. The number of carbonyl (C=O) groups excluding carboxylic acids is 2. The summed E-state index contributed by atoms with van der Waals surface area (Å²) in [4.78, 5) is 48.2. The van der Waals surface area contributed by atoms with E-state index >= 15 is 0 Å². The van der Waals surface area contributed by atoms with Gasteiger partial charge in [0.2, 0.25) is 17.4 Å². The molecule has 18 heteroatoms. The van der Waals surface area contributed by atoms with Crippen LogP contribution in [0, 0.1) is 5.41 Å². The number of ether oxygens (including phenoxy) is 1. The molecule has 3 atom stereocenters. The van der Waals surface area contributed by atoms with Gasteiger partial charge in [-0.05, 0) is 6.42 Å². The standard InChI is InChI=1S/C19H25N9O6S3/c1-33-5-3-4-27-9-21-24-18(27)36-8-19(16(31)32)6-28-14(30)11(15(28)35-7-19)22-13(29)10(25-34-2)12-23-17(20)37-26-12/h9,11,15H,3-8H2,1-2H3,(H,22,29)(H,31,32)(H2,20,23,26)/t11?,15-,19?/m1/s1. The number of methoxy groups -OCH3 is 1. The minimum absolute atomic E-state index is 0.0131. The van der Waals surface area contributed by atoms with E-state index in [2.05, 4.69) is 30.0 Å². The molecule has 15 nitrogen and oxygen atoms in total. The Bertz CT molecular complexity index is 1190. The number of oxime groups is 1. The molecule has 37 heavy (non-hydrogen) atoms. The average molecular weight is 572 g/mol. The summed E-state index contributed by atoms with van der Waals surface area (Å²) < 4.78 is 10.9. The number of rotatable bonds is 12. The fourth-order valence-corrected chi connectivity index (χ4v) is 7.05. The Morgan fingerprint density at radius 1 is 1.43 bits per heavy atom. The molecule has 2 saturated heterocycles. The summed E-state index contributed by atoms with van der Waals surface area (Å²) in [7, 11) is 2.89. The molecule has 0 spiro atoms. The number of hydrogen-bond acceptors (Lipinski definition) is 14. The maximum absolute atomic E-state index is 12.9. The van der Waals surface area contributed by atoms with Gasteiger partial charge in [0, 0.05) is 49.8 Å². The van der Waals surface area contributed by atoms with Gasteiger partial charge in [-0.3, -0.25) is 14.4 Å². The summed E-state index contributed by atoms with van der Waals surface area (Å²) in [5.41, 5.74) is 4.19. The lowest BCUT2D eigenvalue weighted by Crippen LogP contribution is -2.74. The molecule has 0 saturated carbocycles. The highest BCUT2D eigenvalue weighted by Crippen LogP contribution is 2.44. The fraction of sp³-hybridized carbons (Fsp3) is 0.579. The van der Waals surface area contributed by atoms with Gasteiger partial charge in [-0.2, -0.15) is 9.36 Å². The Morgan fingerprint density at radius 2 is 2.24 bits per heavy atom. The Labute approximate surface area is 223 Å². The van der Waals surface area contributed by atoms with Crippen molar-refractivity contribution in [3.05, 3.63) is 12.2 Å². The van der Waals surface area contributed by atoms with E-state index in [-0.39, 0.29) is 40.6 Å². The van der Waals surface area contributed by atoms with Crippen LogP contribution < -0.4 is 11.1 Å². The van der Waals surface area contributed by atoms with Crippen LogP contribution in [-0.4, -0.2) is 108 Å². The highest BCUT2D eigenvalue weighted by molar-refractivity contribution is 8.00. The Balaban J connectivity index is 1.39. The van der Waals surface area contributed by atoms with Crippen molar-refractivity contribution in [2.75, 3.05) is 44.6 Å². The molecule has 4 N–H and O–H groups in total. The molecular formula is C19H25N9O6S3. The molecule has 4 heterocycles. The van der Waals surface area contributed by atoms with Crippen LogP contribution in [0.25, 0.3) is 0 Å². The third-order valence-electron chi connectivity index (χ3n) is 5.74. The van der Waals surface area contributed by atoms with Gasteiger partial charge in [-0.25, -0.2) is 0 Å². The van der Waals surface area contributed by atoms with Crippen molar-refractivity contribution in [1.29, 1.82) is 0 Å². The van der Waals surface area contributed by atoms with Crippen LogP contribution in [0.1, 0.15) is 12.2 Å². The Hall–Kier alpha value is -2.96. The Morgan fingerprint density at radius 3 is 2.92 bits per heavy atom. The lowest BCUT2D eigenvalue weighted by molar-refractivity contribution is -0.157. The molecule has 0 bridgehead atoms. The number of carboxylic acid groups (broad SMARTS) is 1. The number of aromatic nitrogens is 5. The molecule has 200 valence electrons. The maximum atomic E-state index is 12.9. The molecule has 2 aromatic rings. The van der Waals surface area contributed by atoms with Gasteiger partial charge >= 0.3 is 5.97 Å². The summed E-state index contributed by atoms with van der Waals surface area (Å²) in [5, 5.41) is 24.8. The minimum Gasteiger partial charge on any atom is -0.481 e. The highest BCUT2D eigenvalue weighted by atomic mass is 32.2. The second-order valence-electron chi connectivity index (χ2n) is 8.22. The van der Waals surface area contributed by atoms with E-state index in [1.807, 2.05) is 4.57 Å². The molecule has 0 aliphatic carbocycles. The van der Waals surface area contributed by atoms with Gasteiger partial charge in [0.15, 0.2) is 10.3 Å². The Kier molecular flexibility index (Phi) is 8.50. The van der Waals surface area contributed by atoms with Crippen LogP contribution >= 0.6 is 35.1 Å². The number of nitrogen functional groups attached to an aromatic ring is 1. The first-order valence-electron chi connectivity index (χ1n) is 11.0.